The maximum atomic E-state index is 12.3. The van der Waals surface area contributed by atoms with Crippen molar-refractivity contribution in [2.75, 3.05) is 6.54 Å². The number of nitrogens with one attached hydrogen (secondary N) is 2. The van der Waals surface area contributed by atoms with E-state index in [0.717, 1.165) is 45.1 Å². The first-order chi connectivity index (χ1) is 8.68. The van der Waals surface area contributed by atoms with Crippen molar-refractivity contribution in [1.82, 2.24) is 10.6 Å². The van der Waals surface area contributed by atoms with E-state index in [1.807, 2.05) is 0 Å². The molecular formula is C14H26N2O2. The van der Waals surface area contributed by atoms with Crippen LogP contribution in [0, 0.1) is 5.92 Å². The van der Waals surface area contributed by atoms with Crippen LogP contribution >= 0.6 is 0 Å². The summed E-state index contributed by atoms with van der Waals surface area (Å²) in [5.74, 6) is 0.190. The number of aliphatic hydroxyl groups is 1. The quantitative estimate of drug-likeness (QED) is 0.649. The Morgan fingerprint density at radius 2 is 1.94 bits per heavy atom. The van der Waals surface area contributed by atoms with E-state index in [1.54, 1.807) is 0 Å². The van der Waals surface area contributed by atoms with Crippen molar-refractivity contribution in [2.45, 2.75) is 70.1 Å². The number of carbonyl (C=O) groups excluding carboxylic acids is 1. The molecule has 4 heteroatoms. The molecular weight excluding hydrogens is 228 g/mol. The Bertz CT molecular complexity index is 283. The molecule has 2 aliphatic rings. The number of hydrogen-bond donors (Lipinski definition) is 3. The topological polar surface area (TPSA) is 61.4 Å². The highest BCUT2D eigenvalue weighted by atomic mass is 16.3. The number of carbonyl (C=O) groups is 1. The van der Waals surface area contributed by atoms with Gasteiger partial charge in [-0.25, -0.2) is 0 Å². The number of piperidine rings is 1. The zero-order valence-electron chi connectivity index (χ0n) is 11.3. The Morgan fingerprint density at radius 3 is 2.72 bits per heavy atom. The smallest absolute Gasteiger partial charge is 0.224 e. The van der Waals surface area contributed by atoms with Crippen molar-refractivity contribution in [3.05, 3.63) is 0 Å². The first-order valence-corrected chi connectivity index (χ1v) is 7.40. The van der Waals surface area contributed by atoms with Gasteiger partial charge in [-0.1, -0.05) is 19.3 Å². The fourth-order valence-corrected chi connectivity index (χ4v) is 3.15. The summed E-state index contributed by atoms with van der Waals surface area (Å²) in [6.45, 7) is 3.09. The third-order valence-corrected chi connectivity index (χ3v) is 4.41. The van der Waals surface area contributed by atoms with Gasteiger partial charge in [0, 0.05) is 6.04 Å². The summed E-state index contributed by atoms with van der Waals surface area (Å²) in [7, 11) is 0. The fourth-order valence-electron chi connectivity index (χ4n) is 3.15. The predicted octanol–water partition coefficient (Wildman–Crippen LogP) is 1.18. The van der Waals surface area contributed by atoms with Crippen LogP contribution in [0.5, 0.6) is 0 Å². The SMILES string of the molecule is CC1NCCCC1C(=O)NC1CCCCCC1O. The summed E-state index contributed by atoms with van der Waals surface area (Å²) >= 11 is 0. The van der Waals surface area contributed by atoms with Gasteiger partial charge in [-0.3, -0.25) is 4.79 Å². The molecule has 2 rings (SSSR count). The summed E-state index contributed by atoms with van der Waals surface area (Å²) in [5.41, 5.74) is 0. The van der Waals surface area contributed by atoms with Gasteiger partial charge in [-0.15, -0.1) is 0 Å². The van der Waals surface area contributed by atoms with Crippen LogP contribution in [-0.2, 0) is 4.79 Å². The second kappa shape index (κ2) is 6.53. The molecule has 4 nitrogen and oxygen atoms in total. The Balaban J connectivity index is 1.88. The Morgan fingerprint density at radius 1 is 1.17 bits per heavy atom. The average Bonchev–Trinajstić information content (AvgIpc) is 2.55. The van der Waals surface area contributed by atoms with Crippen molar-refractivity contribution in [2.24, 2.45) is 5.92 Å². The van der Waals surface area contributed by atoms with Crippen LogP contribution in [0.15, 0.2) is 0 Å². The van der Waals surface area contributed by atoms with Crippen LogP contribution < -0.4 is 10.6 Å². The second-order valence-electron chi connectivity index (χ2n) is 5.81. The molecule has 0 aromatic rings. The lowest BCUT2D eigenvalue weighted by molar-refractivity contribution is -0.128. The first-order valence-electron chi connectivity index (χ1n) is 7.40. The largest absolute Gasteiger partial charge is 0.391 e. The van der Waals surface area contributed by atoms with Gasteiger partial charge in [0.2, 0.25) is 5.91 Å². The lowest BCUT2D eigenvalue weighted by Crippen LogP contribution is -2.51. The van der Waals surface area contributed by atoms with Crippen molar-refractivity contribution in [1.29, 1.82) is 0 Å². The highest BCUT2D eigenvalue weighted by Crippen LogP contribution is 2.21. The van der Waals surface area contributed by atoms with Crippen molar-refractivity contribution < 1.29 is 9.90 Å². The van der Waals surface area contributed by atoms with Crippen LogP contribution in [0.25, 0.3) is 0 Å². The Labute approximate surface area is 110 Å². The maximum Gasteiger partial charge on any atom is 0.224 e. The van der Waals surface area contributed by atoms with Crippen molar-refractivity contribution in [3.8, 4) is 0 Å². The minimum absolute atomic E-state index is 0.0332. The van der Waals surface area contributed by atoms with E-state index in [0.29, 0.717) is 0 Å². The van der Waals surface area contributed by atoms with E-state index in [1.165, 1.54) is 6.42 Å². The predicted molar refractivity (Wildman–Crippen MR) is 71.2 cm³/mol. The molecule has 1 aliphatic heterocycles. The molecule has 0 spiro atoms. The van der Waals surface area contributed by atoms with Crippen LogP contribution in [-0.4, -0.2) is 35.7 Å². The van der Waals surface area contributed by atoms with E-state index in [9.17, 15) is 9.90 Å². The fraction of sp³-hybridized carbons (Fsp3) is 0.929. The monoisotopic (exact) mass is 254 g/mol. The van der Waals surface area contributed by atoms with Gasteiger partial charge in [-0.2, -0.15) is 0 Å². The van der Waals surface area contributed by atoms with E-state index in [4.69, 9.17) is 0 Å². The molecule has 0 bridgehead atoms. The summed E-state index contributed by atoms with van der Waals surface area (Å²) in [6, 6.07) is 0.218. The molecule has 1 saturated carbocycles. The summed E-state index contributed by atoms with van der Waals surface area (Å²) in [5, 5.41) is 16.5. The zero-order chi connectivity index (χ0) is 13.0. The molecule has 104 valence electrons. The first kappa shape index (κ1) is 13.8. The molecule has 1 amide bonds. The van der Waals surface area contributed by atoms with Crippen LogP contribution in [0.3, 0.4) is 0 Å². The minimum atomic E-state index is -0.358. The van der Waals surface area contributed by atoms with Gasteiger partial charge in [-0.05, 0) is 39.2 Å². The van der Waals surface area contributed by atoms with Gasteiger partial charge in [0.15, 0.2) is 0 Å². The highest BCUT2D eigenvalue weighted by molar-refractivity contribution is 5.79. The van der Waals surface area contributed by atoms with E-state index < -0.39 is 0 Å². The highest BCUT2D eigenvalue weighted by Gasteiger charge is 2.30. The van der Waals surface area contributed by atoms with Gasteiger partial charge >= 0.3 is 0 Å². The van der Waals surface area contributed by atoms with Crippen molar-refractivity contribution in [3.63, 3.8) is 0 Å². The second-order valence-corrected chi connectivity index (χ2v) is 5.81. The molecule has 1 aliphatic carbocycles. The lowest BCUT2D eigenvalue weighted by atomic mass is 9.90. The molecule has 4 atom stereocenters. The average molecular weight is 254 g/mol. The van der Waals surface area contributed by atoms with Gasteiger partial charge < -0.3 is 15.7 Å². The van der Waals surface area contributed by atoms with Crippen molar-refractivity contribution >= 4 is 5.91 Å². The number of amides is 1. The van der Waals surface area contributed by atoms with Gasteiger partial charge in [0.1, 0.15) is 0 Å². The third kappa shape index (κ3) is 3.45. The number of rotatable bonds is 2. The van der Waals surface area contributed by atoms with E-state index >= 15 is 0 Å². The number of aliphatic hydroxyl groups excluding tert-OH is 1. The Hall–Kier alpha value is -0.610. The molecule has 0 aromatic heterocycles. The summed E-state index contributed by atoms with van der Waals surface area (Å²) in [6.07, 6.45) is 6.77. The van der Waals surface area contributed by atoms with Crippen LogP contribution in [0.4, 0.5) is 0 Å². The van der Waals surface area contributed by atoms with Gasteiger partial charge in [0.05, 0.1) is 18.1 Å². The number of hydrogen-bond acceptors (Lipinski definition) is 3. The molecule has 1 heterocycles. The molecule has 0 aromatic carbocycles. The van der Waals surface area contributed by atoms with Crippen LogP contribution in [0.1, 0.15) is 51.9 Å². The zero-order valence-corrected chi connectivity index (χ0v) is 11.3. The molecule has 4 unspecified atom stereocenters. The lowest BCUT2D eigenvalue weighted by Gasteiger charge is -2.31. The van der Waals surface area contributed by atoms with E-state index in [-0.39, 0.29) is 30.0 Å². The molecule has 3 N–H and O–H groups in total. The van der Waals surface area contributed by atoms with Crippen LogP contribution in [0.2, 0.25) is 0 Å². The van der Waals surface area contributed by atoms with Gasteiger partial charge in [0.25, 0.3) is 0 Å². The summed E-state index contributed by atoms with van der Waals surface area (Å²) in [4.78, 5) is 12.3. The standard InChI is InChI=1S/C14H26N2O2/c1-10-11(6-5-9-15-10)14(18)16-12-7-3-2-4-8-13(12)17/h10-13,15,17H,2-9H2,1H3,(H,16,18). The third-order valence-electron chi connectivity index (χ3n) is 4.41. The molecule has 18 heavy (non-hydrogen) atoms. The molecule has 2 fully saturated rings. The summed E-state index contributed by atoms with van der Waals surface area (Å²) < 4.78 is 0. The molecule has 0 radical (unpaired) electrons. The maximum absolute atomic E-state index is 12.3. The Kier molecular flexibility index (Phi) is 5.01. The molecule has 1 saturated heterocycles. The minimum Gasteiger partial charge on any atom is -0.391 e. The normalized spacial score (nSPS) is 37.9. The van der Waals surface area contributed by atoms with E-state index in [2.05, 4.69) is 17.6 Å².